The lowest BCUT2D eigenvalue weighted by atomic mass is 10.1. The molecule has 0 bridgehead atoms. The molecule has 0 aliphatic heterocycles. The molecule has 0 aliphatic rings. The summed E-state index contributed by atoms with van der Waals surface area (Å²) in [5.74, 6) is 0.351. The summed E-state index contributed by atoms with van der Waals surface area (Å²) in [7, 11) is 1.80. The van der Waals surface area contributed by atoms with Gasteiger partial charge in [0.15, 0.2) is 0 Å². The summed E-state index contributed by atoms with van der Waals surface area (Å²) < 4.78 is 0. The van der Waals surface area contributed by atoms with Gasteiger partial charge in [0.1, 0.15) is 0 Å². The van der Waals surface area contributed by atoms with E-state index in [9.17, 15) is 9.59 Å². The largest absolute Gasteiger partial charge is 0.352 e. The van der Waals surface area contributed by atoms with Crippen molar-refractivity contribution in [3.8, 4) is 0 Å². The lowest BCUT2D eigenvalue weighted by molar-refractivity contribution is -0.130. The zero-order valence-electron chi connectivity index (χ0n) is 14.0. The lowest BCUT2D eigenvalue weighted by Gasteiger charge is -2.19. The first-order valence-electron chi connectivity index (χ1n) is 7.98. The summed E-state index contributed by atoms with van der Waals surface area (Å²) in [5.41, 5.74) is 0.617. The second kappa shape index (κ2) is 7.77. The Bertz CT molecular complexity index is 695. The average molecular weight is 312 g/mol. The molecule has 0 aromatic heterocycles. The van der Waals surface area contributed by atoms with Crippen LogP contribution in [0.5, 0.6) is 0 Å². The number of nitrogens with zero attached hydrogens (tertiary/aromatic N) is 1. The fraction of sp³-hybridized carbons (Fsp3) is 0.368. The Balaban J connectivity index is 1.87. The fourth-order valence-corrected chi connectivity index (χ4v) is 2.56. The van der Waals surface area contributed by atoms with Crippen LogP contribution in [0.3, 0.4) is 0 Å². The van der Waals surface area contributed by atoms with E-state index in [0.29, 0.717) is 24.4 Å². The van der Waals surface area contributed by atoms with Crippen LogP contribution in [0.15, 0.2) is 42.5 Å². The summed E-state index contributed by atoms with van der Waals surface area (Å²) in [4.78, 5) is 25.8. The number of benzene rings is 2. The average Bonchev–Trinajstić information content (AvgIpc) is 2.53. The van der Waals surface area contributed by atoms with E-state index in [1.54, 1.807) is 11.9 Å². The quantitative estimate of drug-likeness (QED) is 0.891. The van der Waals surface area contributed by atoms with Crippen molar-refractivity contribution in [2.75, 3.05) is 20.1 Å². The third-order valence-corrected chi connectivity index (χ3v) is 3.70. The van der Waals surface area contributed by atoms with E-state index in [-0.39, 0.29) is 11.8 Å². The van der Waals surface area contributed by atoms with Gasteiger partial charge in [0, 0.05) is 32.1 Å². The first-order chi connectivity index (χ1) is 11.0. The van der Waals surface area contributed by atoms with Gasteiger partial charge in [-0.15, -0.1) is 0 Å². The molecule has 2 amide bonds. The maximum atomic E-state index is 12.2. The van der Waals surface area contributed by atoms with Crippen LogP contribution in [-0.4, -0.2) is 36.9 Å². The van der Waals surface area contributed by atoms with Crippen molar-refractivity contribution < 1.29 is 9.59 Å². The van der Waals surface area contributed by atoms with E-state index in [1.807, 2.05) is 42.5 Å². The fourth-order valence-electron chi connectivity index (χ4n) is 2.56. The van der Waals surface area contributed by atoms with Crippen LogP contribution >= 0.6 is 0 Å². The summed E-state index contributed by atoms with van der Waals surface area (Å²) in [6.07, 6.45) is 0.322. The minimum atomic E-state index is -0.143. The maximum Gasteiger partial charge on any atom is 0.251 e. The Kier molecular flexibility index (Phi) is 5.74. The van der Waals surface area contributed by atoms with Gasteiger partial charge in [-0.25, -0.2) is 0 Å². The Morgan fingerprint density at radius 3 is 2.48 bits per heavy atom. The van der Waals surface area contributed by atoms with Crippen molar-refractivity contribution in [3.05, 3.63) is 48.0 Å². The third kappa shape index (κ3) is 4.81. The highest BCUT2D eigenvalue weighted by Crippen LogP contribution is 2.15. The summed E-state index contributed by atoms with van der Waals surface area (Å²) >= 11 is 0. The number of carbonyl (C=O) groups is 2. The Morgan fingerprint density at radius 1 is 1.09 bits per heavy atom. The molecule has 2 aromatic rings. The first kappa shape index (κ1) is 17.0. The van der Waals surface area contributed by atoms with E-state index in [1.165, 1.54) is 0 Å². The highest BCUT2D eigenvalue weighted by atomic mass is 16.2. The second-order valence-corrected chi connectivity index (χ2v) is 6.24. The molecule has 0 atom stereocenters. The van der Waals surface area contributed by atoms with Crippen molar-refractivity contribution >= 4 is 22.6 Å². The van der Waals surface area contributed by atoms with Gasteiger partial charge in [-0.05, 0) is 28.8 Å². The van der Waals surface area contributed by atoms with E-state index in [2.05, 4.69) is 19.2 Å². The zero-order valence-corrected chi connectivity index (χ0v) is 14.0. The van der Waals surface area contributed by atoms with Gasteiger partial charge in [-0.1, -0.05) is 44.2 Å². The minimum Gasteiger partial charge on any atom is -0.352 e. The van der Waals surface area contributed by atoms with Crippen molar-refractivity contribution in [2.45, 2.75) is 20.3 Å². The molecule has 0 unspecified atom stereocenters. The number of nitrogens with one attached hydrogen (secondary N) is 1. The zero-order chi connectivity index (χ0) is 16.8. The van der Waals surface area contributed by atoms with Crippen LogP contribution in [0.25, 0.3) is 10.8 Å². The number of hydrogen-bond donors (Lipinski definition) is 1. The highest BCUT2D eigenvalue weighted by molar-refractivity contribution is 5.98. The minimum absolute atomic E-state index is 0.0533. The number of rotatable bonds is 6. The predicted molar refractivity (Wildman–Crippen MR) is 93.4 cm³/mol. The van der Waals surface area contributed by atoms with Gasteiger partial charge < -0.3 is 10.2 Å². The normalized spacial score (nSPS) is 10.8. The monoisotopic (exact) mass is 312 g/mol. The number of fused-ring (bicyclic) bond motifs is 1. The molecule has 1 N–H and O–H groups in total. The molecule has 2 rings (SSSR count). The molecule has 0 aliphatic carbocycles. The maximum absolute atomic E-state index is 12.2. The van der Waals surface area contributed by atoms with Gasteiger partial charge in [-0.3, -0.25) is 9.59 Å². The summed E-state index contributed by atoms with van der Waals surface area (Å²) in [5, 5.41) is 4.96. The number of amides is 2. The van der Waals surface area contributed by atoms with E-state index >= 15 is 0 Å². The molecule has 0 spiro atoms. The molecular weight excluding hydrogens is 288 g/mol. The van der Waals surface area contributed by atoms with Crippen LogP contribution < -0.4 is 5.32 Å². The smallest absolute Gasteiger partial charge is 0.251 e. The molecule has 0 saturated carbocycles. The topological polar surface area (TPSA) is 49.4 Å². The Morgan fingerprint density at radius 2 is 1.78 bits per heavy atom. The number of carbonyl (C=O) groups excluding carboxylic acids is 2. The van der Waals surface area contributed by atoms with Crippen molar-refractivity contribution in [3.63, 3.8) is 0 Å². The third-order valence-electron chi connectivity index (χ3n) is 3.70. The SMILES string of the molecule is CC(C)CN(C)C(=O)CCNC(=O)c1ccc2ccccc2c1. The standard InChI is InChI=1S/C19H24N2O2/c1-14(2)13-21(3)18(22)10-11-20-19(23)17-9-8-15-6-4-5-7-16(15)12-17/h4-9,12,14H,10-11,13H2,1-3H3,(H,20,23). The Labute approximate surface area is 137 Å². The van der Waals surface area contributed by atoms with Crippen LogP contribution in [0.2, 0.25) is 0 Å². The highest BCUT2D eigenvalue weighted by Gasteiger charge is 2.11. The predicted octanol–water partition coefficient (Wildman–Crippen LogP) is 3.07. The van der Waals surface area contributed by atoms with Crippen LogP contribution in [0.1, 0.15) is 30.6 Å². The van der Waals surface area contributed by atoms with Crippen LogP contribution in [0.4, 0.5) is 0 Å². The molecule has 23 heavy (non-hydrogen) atoms. The van der Waals surface area contributed by atoms with Crippen molar-refractivity contribution in [1.29, 1.82) is 0 Å². The molecule has 0 heterocycles. The molecule has 122 valence electrons. The molecule has 0 fully saturated rings. The van der Waals surface area contributed by atoms with Crippen LogP contribution in [-0.2, 0) is 4.79 Å². The van der Waals surface area contributed by atoms with Gasteiger partial charge >= 0.3 is 0 Å². The second-order valence-electron chi connectivity index (χ2n) is 6.24. The van der Waals surface area contributed by atoms with Gasteiger partial charge in [0.05, 0.1) is 0 Å². The number of hydrogen-bond acceptors (Lipinski definition) is 2. The lowest BCUT2D eigenvalue weighted by Crippen LogP contribution is -2.34. The molecular formula is C19H24N2O2. The van der Waals surface area contributed by atoms with Crippen molar-refractivity contribution in [2.24, 2.45) is 5.92 Å². The first-order valence-corrected chi connectivity index (χ1v) is 7.98. The van der Waals surface area contributed by atoms with Crippen molar-refractivity contribution in [1.82, 2.24) is 10.2 Å². The molecule has 4 nitrogen and oxygen atoms in total. The van der Waals surface area contributed by atoms with Gasteiger partial charge in [0.2, 0.25) is 5.91 Å². The Hall–Kier alpha value is -2.36. The van der Waals surface area contributed by atoms with Gasteiger partial charge in [-0.2, -0.15) is 0 Å². The summed E-state index contributed by atoms with van der Waals surface area (Å²) in [6.45, 7) is 5.24. The van der Waals surface area contributed by atoms with Gasteiger partial charge in [0.25, 0.3) is 5.91 Å². The summed E-state index contributed by atoms with van der Waals surface area (Å²) in [6, 6.07) is 13.5. The molecule has 2 aromatic carbocycles. The van der Waals surface area contributed by atoms with E-state index in [4.69, 9.17) is 0 Å². The molecule has 0 saturated heterocycles. The molecule has 0 radical (unpaired) electrons. The van der Waals surface area contributed by atoms with Crippen LogP contribution in [0, 0.1) is 5.92 Å². The van der Waals surface area contributed by atoms with E-state index in [0.717, 1.165) is 17.3 Å². The van der Waals surface area contributed by atoms with E-state index < -0.39 is 0 Å². The molecule has 4 heteroatoms.